The van der Waals surface area contributed by atoms with E-state index in [1.807, 2.05) is 20.8 Å². The van der Waals surface area contributed by atoms with E-state index in [9.17, 15) is 4.39 Å². The van der Waals surface area contributed by atoms with Crippen molar-refractivity contribution < 1.29 is 9.13 Å². The summed E-state index contributed by atoms with van der Waals surface area (Å²) < 4.78 is 17.9. The molecule has 0 fully saturated rings. The summed E-state index contributed by atoms with van der Waals surface area (Å²) in [5, 5.41) is 0.497. The monoisotopic (exact) mass is 188 g/mol. The van der Waals surface area contributed by atoms with Gasteiger partial charge in [-0.3, -0.25) is 0 Å². The number of methoxy groups -OCH3 is 1. The van der Waals surface area contributed by atoms with Crippen LogP contribution in [-0.4, -0.2) is 7.11 Å². The van der Waals surface area contributed by atoms with Gasteiger partial charge < -0.3 is 4.74 Å². The molecule has 0 aliphatic rings. The minimum atomic E-state index is -0.184. The van der Waals surface area contributed by atoms with Crippen LogP contribution in [-0.2, 0) is 5.41 Å². The molecule has 0 amide bonds. The lowest BCUT2D eigenvalue weighted by molar-refractivity contribution is 0.410. The largest absolute Gasteiger partial charge is 0.487 e. The summed E-state index contributed by atoms with van der Waals surface area (Å²) in [4.78, 5) is 0. The Balaban J connectivity index is 3.13. The zero-order valence-electron chi connectivity index (χ0n) is 7.77. The van der Waals surface area contributed by atoms with Crippen LogP contribution in [0.15, 0.2) is 6.07 Å². The predicted octanol–water partition coefficient (Wildman–Crippen LogP) is 3.19. The number of rotatable bonds is 1. The van der Waals surface area contributed by atoms with Gasteiger partial charge in [0.1, 0.15) is 0 Å². The minimum absolute atomic E-state index is 0.0494. The van der Waals surface area contributed by atoms with Crippen molar-refractivity contribution in [3.63, 3.8) is 0 Å². The quantitative estimate of drug-likeness (QED) is 0.657. The normalized spacial score (nSPS) is 11.8. The fourth-order valence-electron chi connectivity index (χ4n) is 1.02. The lowest BCUT2D eigenvalue weighted by atomic mass is 9.89. The van der Waals surface area contributed by atoms with Gasteiger partial charge in [-0.25, -0.2) is 0 Å². The van der Waals surface area contributed by atoms with Gasteiger partial charge in [0.2, 0.25) is 0 Å². The van der Waals surface area contributed by atoms with Gasteiger partial charge in [0.15, 0.2) is 10.2 Å². The fraction of sp³-hybridized carbons (Fsp3) is 0.556. The highest BCUT2D eigenvalue weighted by atomic mass is 32.1. The predicted molar refractivity (Wildman–Crippen MR) is 49.5 cm³/mol. The van der Waals surface area contributed by atoms with Crippen LogP contribution in [0.1, 0.15) is 26.3 Å². The van der Waals surface area contributed by atoms with Crippen LogP contribution in [0.2, 0.25) is 0 Å². The molecule has 0 saturated heterocycles. The molecule has 1 aromatic rings. The molecule has 1 nitrogen and oxygen atoms in total. The highest BCUT2D eigenvalue weighted by Gasteiger charge is 2.21. The summed E-state index contributed by atoms with van der Waals surface area (Å²) in [5.41, 5.74) is 0.888. The van der Waals surface area contributed by atoms with Gasteiger partial charge in [-0.05, 0) is 11.5 Å². The number of hydrogen-bond donors (Lipinski definition) is 0. The van der Waals surface area contributed by atoms with E-state index in [1.54, 1.807) is 13.2 Å². The average molecular weight is 188 g/mol. The molecule has 0 saturated carbocycles. The maximum atomic E-state index is 12.8. The maximum Gasteiger partial charge on any atom is 0.180 e. The molecule has 1 rings (SSSR count). The molecule has 0 aliphatic carbocycles. The summed E-state index contributed by atoms with van der Waals surface area (Å²) >= 11 is 1.05. The molecular weight excluding hydrogens is 175 g/mol. The molecule has 0 aromatic carbocycles. The van der Waals surface area contributed by atoms with E-state index in [0.717, 1.165) is 16.9 Å². The lowest BCUT2D eigenvalue weighted by Gasteiger charge is -2.17. The molecule has 0 atom stereocenters. The molecule has 0 N–H and O–H groups in total. The van der Waals surface area contributed by atoms with Crippen molar-refractivity contribution in [1.82, 2.24) is 0 Å². The maximum absolute atomic E-state index is 12.8. The van der Waals surface area contributed by atoms with Gasteiger partial charge in [0.05, 0.1) is 7.11 Å². The fourth-order valence-corrected chi connectivity index (χ4v) is 1.93. The third-order valence-electron chi connectivity index (χ3n) is 1.66. The third kappa shape index (κ3) is 1.78. The van der Waals surface area contributed by atoms with Gasteiger partial charge >= 0.3 is 0 Å². The minimum Gasteiger partial charge on any atom is -0.487 e. The molecule has 0 radical (unpaired) electrons. The standard InChI is InChI=1S/C9H13FOS/c1-9(2,3)6-5-7(10)12-8(6)11-4/h5H,1-4H3. The van der Waals surface area contributed by atoms with Crippen LogP contribution in [0.3, 0.4) is 0 Å². The molecule has 0 unspecified atom stereocenters. The average Bonchev–Trinajstić information content (AvgIpc) is 2.29. The van der Waals surface area contributed by atoms with E-state index in [1.165, 1.54) is 0 Å². The molecule has 0 spiro atoms. The first-order valence-electron chi connectivity index (χ1n) is 3.79. The van der Waals surface area contributed by atoms with Crippen molar-refractivity contribution in [2.75, 3.05) is 7.11 Å². The SMILES string of the molecule is COc1sc(F)cc1C(C)(C)C. The number of ether oxygens (including phenoxy) is 1. The smallest absolute Gasteiger partial charge is 0.180 e. The molecule has 12 heavy (non-hydrogen) atoms. The number of hydrogen-bond acceptors (Lipinski definition) is 2. The Bertz CT molecular complexity index is 273. The van der Waals surface area contributed by atoms with Crippen LogP contribution in [0.5, 0.6) is 5.06 Å². The summed E-state index contributed by atoms with van der Waals surface area (Å²) in [5.74, 6) is 0. The van der Waals surface area contributed by atoms with E-state index >= 15 is 0 Å². The Kier molecular flexibility index (Phi) is 2.42. The second-order valence-electron chi connectivity index (χ2n) is 3.71. The first-order chi connectivity index (χ1) is 5.45. The molecule has 1 heterocycles. The van der Waals surface area contributed by atoms with Crippen molar-refractivity contribution in [1.29, 1.82) is 0 Å². The van der Waals surface area contributed by atoms with Gasteiger partial charge in [-0.2, -0.15) is 4.39 Å². The molecule has 1 aromatic heterocycles. The molecule has 0 aliphatic heterocycles. The van der Waals surface area contributed by atoms with Gasteiger partial charge in [0, 0.05) is 5.56 Å². The van der Waals surface area contributed by atoms with E-state index in [-0.39, 0.29) is 10.5 Å². The Morgan fingerprint density at radius 2 is 2.00 bits per heavy atom. The Morgan fingerprint density at radius 1 is 1.42 bits per heavy atom. The summed E-state index contributed by atoms with van der Waals surface area (Å²) in [6, 6.07) is 1.55. The lowest BCUT2D eigenvalue weighted by Crippen LogP contribution is -2.10. The topological polar surface area (TPSA) is 9.23 Å². The Hall–Kier alpha value is -0.570. The van der Waals surface area contributed by atoms with Crippen molar-refractivity contribution in [2.24, 2.45) is 0 Å². The van der Waals surface area contributed by atoms with Crippen molar-refractivity contribution >= 4 is 11.3 Å². The summed E-state index contributed by atoms with van der Waals surface area (Å²) in [6.45, 7) is 6.12. The number of thiophene rings is 1. The summed E-state index contributed by atoms with van der Waals surface area (Å²) in [7, 11) is 1.57. The second-order valence-corrected chi connectivity index (χ2v) is 4.67. The first-order valence-corrected chi connectivity index (χ1v) is 4.60. The summed E-state index contributed by atoms with van der Waals surface area (Å²) in [6.07, 6.45) is 0. The van der Waals surface area contributed by atoms with Gasteiger partial charge in [-0.15, -0.1) is 0 Å². The van der Waals surface area contributed by atoms with Crippen molar-refractivity contribution in [3.05, 3.63) is 16.8 Å². The van der Waals surface area contributed by atoms with Crippen LogP contribution in [0.25, 0.3) is 0 Å². The van der Waals surface area contributed by atoms with Crippen LogP contribution >= 0.6 is 11.3 Å². The van der Waals surface area contributed by atoms with Crippen LogP contribution < -0.4 is 4.74 Å². The Morgan fingerprint density at radius 3 is 2.33 bits per heavy atom. The van der Waals surface area contributed by atoms with E-state index in [0.29, 0.717) is 5.06 Å². The van der Waals surface area contributed by atoms with Crippen molar-refractivity contribution in [3.8, 4) is 5.06 Å². The van der Waals surface area contributed by atoms with Crippen molar-refractivity contribution in [2.45, 2.75) is 26.2 Å². The highest BCUT2D eigenvalue weighted by molar-refractivity contribution is 7.12. The molecule has 68 valence electrons. The molecule has 0 bridgehead atoms. The highest BCUT2D eigenvalue weighted by Crippen LogP contribution is 2.37. The zero-order valence-corrected chi connectivity index (χ0v) is 8.59. The van der Waals surface area contributed by atoms with E-state index in [2.05, 4.69) is 0 Å². The van der Waals surface area contributed by atoms with Crippen LogP contribution in [0.4, 0.5) is 4.39 Å². The van der Waals surface area contributed by atoms with E-state index in [4.69, 9.17) is 4.74 Å². The molecule has 3 heteroatoms. The van der Waals surface area contributed by atoms with E-state index < -0.39 is 0 Å². The number of halogens is 1. The second kappa shape index (κ2) is 3.05. The Labute approximate surface area is 76.2 Å². The zero-order chi connectivity index (χ0) is 9.35. The molecular formula is C9H13FOS. The van der Waals surface area contributed by atoms with Gasteiger partial charge in [0.25, 0.3) is 0 Å². The van der Waals surface area contributed by atoms with Gasteiger partial charge in [-0.1, -0.05) is 32.1 Å². The third-order valence-corrected chi connectivity index (χ3v) is 2.55. The van der Waals surface area contributed by atoms with Crippen LogP contribution in [0, 0.1) is 5.13 Å². The first kappa shape index (κ1) is 9.52.